The Morgan fingerprint density at radius 3 is 2.71 bits per heavy atom. The first-order valence-electron chi connectivity index (χ1n) is 6.65. The highest BCUT2D eigenvalue weighted by Crippen LogP contribution is 2.39. The molecule has 1 atom stereocenters. The Balaban J connectivity index is 1.79. The van der Waals surface area contributed by atoms with Crippen molar-refractivity contribution in [1.82, 2.24) is 5.32 Å². The molecule has 0 aromatic carbocycles. The van der Waals surface area contributed by atoms with Crippen LogP contribution in [0.3, 0.4) is 0 Å². The quantitative estimate of drug-likeness (QED) is 0.849. The number of aliphatic imine (C=N–C) groups is 1. The predicted octanol–water partition coefficient (Wildman–Crippen LogP) is 3.38. The second-order valence-corrected chi connectivity index (χ2v) is 8.00. The van der Waals surface area contributed by atoms with Gasteiger partial charge in [0.1, 0.15) is 0 Å². The van der Waals surface area contributed by atoms with Crippen LogP contribution in [0.2, 0.25) is 0 Å². The summed E-state index contributed by atoms with van der Waals surface area (Å²) in [5.74, 6) is 0.726. The summed E-state index contributed by atoms with van der Waals surface area (Å²) in [7, 11) is 0. The second kappa shape index (κ2) is 5.87. The summed E-state index contributed by atoms with van der Waals surface area (Å²) < 4.78 is 0.485. The molecule has 4 heteroatoms. The lowest BCUT2D eigenvalue weighted by Crippen LogP contribution is -2.37. The van der Waals surface area contributed by atoms with E-state index in [9.17, 15) is 0 Å². The molecule has 1 aliphatic carbocycles. The lowest BCUT2D eigenvalue weighted by molar-refractivity contribution is 0.592. The first kappa shape index (κ1) is 13.6. The van der Waals surface area contributed by atoms with Gasteiger partial charge < -0.3 is 5.32 Å². The molecule has 2 rings (SSSR count). The van der Waals surface area contributed by atoms with E-state index in [1.165, 1.54) is 30.9 Å². The van der Waals surface area contributed by atoms with Crippen molar-refractivity contribution in [1.29, 1.82) is 0 Å². The van der Waals surface area contributed by atoms with Crippen LogP contribution in [0, 0.1) is 5.92 Å². The Bertz CT molecular complexity index is 283. The first-order valence-corrected chi connectivity index (χ1v) is 8.76. The molecule has 1 aliphatic heterocycles. The minimum atomic E-state index is 0.485. The van der Waals surface area contributed by atoms with E-state index in [1.807, 2.05) is 23.5 Å². The summed E-state index contributed by atoms with van der Waals surface area (Å²) in [4.78, 5) is 4.62. The van der Waals surface area contributed by atoms with Crippen molar-refractivity contribution < 1.29 is 0 Å². The predicted molar refractivity (Wildman–Crippen MR) is 81.2 cm³/mol. The minimum absolute atomic E-state index is 0.485. The van der Waals surface area contributed by atoms with Crippen LogP contribution < -0.4 is 5.32 Å². The molecule has 1 unspecified atom stereocenters. The van der Waals surface area contributed by atoms with Gasteiger partial charge in [0.05, 0.1) is 6.54 Å². The molecule has 1 fully saturated rings. The van der Waals surface area contributed by atoms with Gasteiger partial charge in [-0.3, -0.25) is 4.99 Å². The van der Waals surface area contributed by atoms with E-state index in [-0.39, 0.29) is 0 Å². The van der Waals surface area contributed by atoms with Gasteiger partial charge in [-0.2, -0.15) is 11.8 Å². The van der Waals surface area contributed by atoms with E-state index in [1.54, 1.807) is 0 Å². The number of rotatable bonds is 4. The molecule has 98 valence electrons. The molecule has 0 bridgehead atoms. The van der Waals surface area contributed by atoms with Crippen LogP contribution in [0.4, 0.5) is 0 Å². The number of thioether (sulfide) groups is 2. The molecule has 0 spiro atoms. The number of nitrogens with zero attached hydrogens (tertiary/aromatic N) is 1. The number of nitrogens with one attached hydrogen (secondary N) is 1. The van der Waals surface area contributed by atoms with Crippen molar-refractivity contribution in [3.05, 3.63) is 0 Å². The fraction of sp³-hybridized carbons (Fsp3) is 0.923. The van der Waals surface area contributed by atoms with E-state index in [0.29, 0.717) is 10.00 Å². The lowest BCUT2D eigenvalue weighted by Gasteiger charge is -2.27. The highest BCUT2D eigenvalue weighted by molar-refractivity contribution is 8.14. The van der Waals surface area contributed by atoms with E-state index >= 15 is 0 Å². The van der Waals surface area contributed by atoms with Crippen LogP contribution >= 0.6 is 23.5 Å². The van der Waals surface area contributed by atoms with Gasteiger partial charge in [-0.05, 0) is 25.0 Å². The van der Waals surface area contributed by atoms with Gasteiger partial charge in [-0.15, -0.1) is 0 Å². The molecule has 0 aromatic heterocycles. The Morgan fingerprint density at radius 1 is 1.47 bits per heavy atom. The number of hydrogen-bond acceptors (Lipinski definition) is 4. The van der Waals surface area contributed by atoms with Gasteiger partial charge in [0.2, 0.25) is 0 Å². The van der Waals surface area contributed by atoms with Crippen molar-refractivity contribution in [2.45, 2.75) is 49.5 Å². The van der Waals surface area contributed by atoms with E-state index in [0.717, 1.165) is 19.0 Å². The van der Waals surface area contributed by atoms with Crippen LogP contribution in [-0.4, -0.2) is 34.5 Å². The molecule has 2 nitrogen and oxygen atoms in total. The van der Waals surface area contributed by atoms with E-state index in [4.69, 9.17) is 0 Å². The van der Waals surface area contributed by atoms with Gasteiger partial charge in [0.25, 0.3) is 0 Å². The fourth-order valence-electron chi connectivity index (χ4n) is 2.54. The molecule has 1 heterocycles. The van der Waals surface area contributed by atoms with Crippen LogP contribution in [0.5, 0.6) is 0 Å². The largest absolute Gasteiger partial charge is 0.364 e. The molecule has 1 N–H and O–H groups in total. The third-order valence-corrected chi connectivity index (χ3v) is 6.84. The average molecular weight is 272 g/mol. The van der Waals surface area contributed by atoms with Crippen molar-refractivity contribution >= 4 is 28.7 Å². The molecular weight excluding hydrogens is 248 g/mol. The molecule has 2 aliphatic rings. The second-order valence-electron chi connectivity index (χ2n) is 5.49. The SMILES string of the molecule is CSC1(CNC2=NCC(C(C)C)S2)CCCC1. The zero-order valence-electron chi connectivity index (χ0n) is 11.2. The molecular formula is C13H24N2S2. The van der Waals surface area contributed by atoms with Crippen molar-refractivity contribution in [2.75, 3.05) is 19.3 Å². The maximum absolute atomic E-state index is 4.62. The molecule has 0 radical (unpaired) electrons. The third kappa shape index (κ3) is 3.34. The van der Waals surface area contributed by atoms with Crippen LogP contribution in [0.25, 0.3) is 0 Å². The molecule has 0 saturated heterocycles. The van der Waals surface area contributed by atoms with Crippen LogP contribution in [0.15, 0.2) is 4.99 Å². The summed E-state index contributed by atoms with van der Waals surface area (Å²) in [6, 6.07) is 0. The summed E-state index contributed by atoms with van der Waals surface area (Å²) in [6.45, 7) is 6.68. The number of hydrogen-bond donors (Lipinski definition) is 1. The lowest BCUT2D eigenvalue weighted by atomic mass is 10.1. The molecule has 0 aromatic rings. The average Bonchev–Trinajstić information content (AvgIpc) is 2.96. The van der Waals surface area contributed by atoms with Gasteiger partial charge in [-0.1, -0.05) is 38.5 Å². The molecule has 17 heavy (non-hydrogen) atoms. The normalized spacial score (nSPS) is 27.5. The van der Waals surface area contributed by atoms with Gasteiger partial charge in [0, 0.05) is 16.5 Å². The van der Waals surface area contributed by atoms with E-state index in [2.05, 4.69) is 30.4 Å². The zero-order chi connectivity index (χ0) is 12.3. The maximum atomic E-state index is 4.62. The Kier molecular flexibility index (Phi) is 4.70. The maximum Gasteiger partial charge on any atom is 0.156 e. The zero-order valence-corrected chi connectivity index (χ0v) is 12.8. The Morgan fingerprint density at radius 2 is 2.18 bits per heavy atom. The van der Waals surface area contributed by atoms with Crippen LogP contribution in [0.1, 0.15) is 39.5 Å². The standard InChI is InChI=1S/C13H24N2S2/c1-10(2)11-8-14-12(17-11)15-9-13(16-3)6-4-5-7-13/h10-11H,4-9H2,1-3H3,(H,14,15). The minimum Gasteiger partial charge on any atom is -0.364 e. The summed E-state index contributed by atoms with van der Waals surface area (Å²) >= 11 is 3.98. The van der Waals surface area contributed by atoms with Gasteiger partial charge in [-0.25, -0.2) is 0 Å². The number of amidine groups is 1. The molecule has 1 saturated carbocycles. The van der Waals surface area contributed by atoms with Crippen molar-refractivity contribution in [3.8, 4) is 0 Å². The Hall–Kier alpha value is 0.170. The topological polar surface area (TPSA) is 24.4 Å². The summed E-state index contributed by atoms with van der Waals surface area (Å²) in [6.07, 6.45) is 7.79. The highest BCUT2D eigenvalue weighted by Gasteiger charge is 2.33. The van der Waals surface area contributed by atoms with Gasteiger partial charge in [0.15, 0.2) is 5.17 Å². The van der Waals surface area contributed by atoms with Crippen molar-refractivity contribution in [2.24, 2.45) is 10.9 Å². The van der Waals surface area contributed by atoms with Crippen LogP contribution in [-0.2, 0) is 0 Å². The fourth-order valence-corrected chi connectivity index (χ4v) is 4.47. The summed E-state index contributed by atoms with van der Waals surface area (Å²) in [5.41, 5.74) is 0. The van der Waals surface area contributed by atoms with Gasteiger partial charge >= 0.3 is 0 Å². The Labute approximate surface area is 114 Å². The van der Waals surface area contributed by atoms with E-state index < -0.39 is 0 Å². The smallest absolute Gasteiger partial charge is 0.156 e. The molecule has 0 amide bonds. The third-order valence-electron chi connectivity index (χ3n) is 3.93. The monoisotopic (exact) mass is 272 g/mol. The highest BCUT2D eigenvalue weighted by atomic mass is 32.2. The van der Waals surface area contributed by atoms with Crippen molar-refractivity contribution in [3.63, 3.8) is 0 Å². The summed E-state index contributed by atoms with van der Waals surface area (Å²) in [5, 5.41) is 5.46. The first-order chi connectivity index (χ1) is 8.15.